The van der Waals surface area contributed by atoms with Crippen LogP contribution in [0.15, 0.2) is 121 Å². The third-order valence-corrected chi connectivity index (χ3v) is 18.7. The van der Waals surface area contributed by atoms with Crippen LogP contribution in [0.5, 0.6) is 0 Å². The molecule has 7 rings (SSSR count). The quantitative estimate of drug-likeness (QED) is 0.0702. The Morgan fingerprint density at radius 2 is 0.945 bits per heavy atom. The summed E-state index contributed by atoms with van der Waals surface area (Å²) in [7, 11) is -9.15. The van der Waals surface area contributed by atoms with Crippen LogP contribution in [0.4, 0.5) is 0 Å². The van der Waals surface area contributed by atoms with Crippen molar-refractivity contribution in [2.45, 2.75) is 70.4 Å². The van der Waals surface area contributed by atoms with Crippen molar-refractivity contribution in [1.82, 2.24) is 19.6 Å². The summed E-state index contributed by atoms with van der Waals surface area (Å²) in [5, 5.41) is 4.29. The fraction of sp³-hybridized carbons (Fsp3) is 0.547. The minimum absolute atomic E-state index is 0. The molecule has 0 bridgehead atoms. The highest BCUT2D eigenvalue weighted by atomic mass is 79.9. The van der Waals surface area contributed by atoms with Crippen LogP contribution in [0.1, 0.15) is 43.0 Å². The molecule has 14 nitrogen and oxygen atoms in total. The molecule has 2 unspecified atom stereocenters. The van der Waals surface area contributed by atoms with E-state index in [4.69, 9.17) is 8.71 Å². The van der Waals surface area contributed by atoms with Crippen molar-refractivity contribution in [3.63, 3.8) is 0 Å². The summed E-state index contributed by atoms with van der Waals surface area (Å²) >= 11 is 0. The Morgan fingerprint density at radius 3 is 1.32 bits per heavy atom. The van der Waals surface area contributed by atoms with Crippen molar-refractivity contribution < 1.29 is 98.5 Å². The van der Waals surface area contributed by atoms with Gasteiger partial charge in [0, 0.05) is 91.9 Å². The molecule has 3 aliphatic rings. The second-order valence-corrected chi connectivity index (χ2v) is 26.9. The van der Waals surface area contributed by atoms with Crippen LogP contribution in [0.25, 0.3) is 0 Å². The van der Waals surface area contributed by atoms with Crippen LogP contribution in [-0.2, 0) is 54.1 Å². The fourth-order valence-electron chi connectivity index (χ4n) is 9.91. The number of nitrogens with zero attached hydrogens (tertiary/aromatic N) is 4. The number of rotatable bonds is 14. The average Bonchev–Trinajstić information content (AvgIpc) is 3.30. The Balaban J connectivity index is 0.000000392. The summed E-state index contributed by atoms with van der Waals surface area (Å²) in [5.41, 5.74) is 9.00. The van der Waals surface area contributed by atoms with E-state index in [1.807, 2.05) is 37.9 Å². The zero-order valence-electron chi connectivity index (χ0n) is 44.0. The van der Waals surface area contributed by atoms with Crippen molar-refractivity contribution in [3.05, 3.63) is 144 Å². The first kappa shape index (κ1) is 67.4. The van der Waals surface area contributed by atoms with E-state index in [1.165, 1.54) is 28.9 Å². The maximum atomic E-state index is 13.4. The number of hydrogen-bond donors (Lipinski definition) is 4. The molecule has 0 spiro atoms. The highest BCUT2D eigenvalue weighted by Crippen LogP contribution is 2.51. The molecule has 3 saturated heterocycles. The van der Waals surface area contributed by atoms with E-state index in [2.05, 4.69) is 147 Å². The van der Waals surface area contributed by atoms with E-state index in [-0.39, 0.29) is 80.3 Å². The number of quaternary nitrogens is 3. The van der Waals surface area contributed by atoms with Gasteiger partial charge in [0.2, 0.25) is 14.7 Å². The Kier molecular flexibility index (Phi) is 31.7. The molecule has 4 aromatic carbocycles. The molecule has 4 aromatic rings. The predicted molar refractivity (Wildman–Crippen MR) is 283 cm³/mol. The molecule has 0 radical (unpaired) electrons. The third-order valence-electron chi connectivity index (χ3n) is 13.6. The third kappa shape index (κ3) is 25.1. The lowest BCUT2D eigenvalue weighted by atomic mass is 10.0. The van der Waals surface area contributed by atoms with Gasteiger partial charge in [-0.3, -0.25) is 32.9 Å². The molecule has 3 fully saturated rings. The Bertz CT molecular complexity index is 2300. The summed E-state index contributed by atoms with van der Waals surface area (Å²) in [6.07, 6.45) is 0.791. The maximum absolute atomic E-state index is 13.4. The molecule has 3 aliphatic heterocycles. The zero-order chi connectivity index (χ0) is 50.6. The van der Waals surface area contributed by atoms with Gasteiger partial charge in [-0.2, -0.15) is 8.42 Å². The van der Waals surface area contributed by atoms with Crippen molar-refractivity contribution in [3.8, 4) is 0 Å². The molecule has 0 amide bonds. The SMILES string of the molecule is CCOP(C)(=O)[C@H]1CN(Cc2ccccc2)CCN(Cc2ccccc2)C[C@@H]1C.CP(=O)(O)[C@H]1C[NH2+]CC[NH2+]C[C@@H]1[NH3+].C[C@H]1CN(Cc2ccccc2)CCN(Cc2ccccc2)C[C@H]1OS(C)(=O)=O.[Br-].[Br-].[Br-]. The van der Waals surface area contributed by atoms with Crippen molar-refractivity contribution >= 4 is 24.9 Å². The van der Waals surface area contributed by atoms with E-state index in [0.29, 0.717) is 19.1 Å². The Labute approximate surface area is 470 Å². The fourth-order valence-corrected chi connectivity index (χ4v) is 14.3. The van der Waals surface area contributed by atoms with Gasteiger partial charge in [-0.15, -0.1) is 0 Å². The lowest BCUT2D eigenvalue weighted by Crippen LogP contribution is -3.02. The molecule has 20 heteroatoms. The van der Waals surface area contributed by atoms with E-state index in [1.54, 1.807) is 0 Å². The van der Waals surface area contributed by atoms with E-state index in [9.17, 15) is 22.4 Å². The number of nitrogens with two attached hydrogens (primary N) is 2. The maximum Gasteiger partial charge on any atom is 0.264 e. The van der Waals surface area contributed by atoms with Crippen molar-refractivity contribution in [1.29, 1.82) is 0 Å². The zero-order valence-corrected chi connectivity index (χ0v) is 51.4. The highest BCUT2D eigenvalue weighted by Gasteiger charge is 2.39. The van der Waals surface area contributed by atoms with Gasteiger partial charge in [-0.1, -0.05) is 135 Å². The van der Waals surface area contributed by atoms with Crippen LogP contribution >= 0.6 is 14.7 Å². The molecular weight excluding hydrogens is 1180 g/mol. The number of hydrogen-bond acceptors (Lipinski definition) is 10. The normalized spacial score (nSPS) is 24.5. The Morgan fingerprint density at radius 1 is 0.589 bits per heavy atom. The smallest absolute Gasteiger partial charge is 0.264 e. The van der Waals surface area contributed by atoms with Crippen LogP contribution < -0.4 is 67.3 Å². The molecule has 8 N–H and O–H groups in total. The summed E-state index contributed by atoms with van der Waals surface area (Å²) in [5.74, 6) is 0.414. The summed E-state index contributed by atoms with van der Waals surface area (Å²) < 4.78 is 59.9. The van der Waals surface area contributed by atoms with Gasteiger partial charge in [0.15, 0.2) is 6.04 Å². The predicted octanol–water partition coefficient (Wildman–Crippen LogP) is -5.04. The van der Waals surface area contributed by atoms with Gasteiger partial charge in [0.05, 0.1) is 31.2 Å². The lowest BCUT2D eigenvalue weighted by molar-refractivity contribution is -0.747. The van der Waals surface area contributed by atoms with E-state index < -0.39 is 24.9 Å². The molecular formula is C53H86Br3N7O7P2S. The van der Waals surface area contributed by atoms with Gasteiger partial charge in [-0.05, 0) is 41.0 Å². The van der Waals surface area contributed by atoms with E-state index in [0.717, 1.165) is 104 Å². The van der Waals surface area contributed by atoms with Crippen LogP contribution in [0, 0.1) is 11.8 Å². The van der Waals surface area contributed by atoms with Crippen LogP contribution in [0.3, 0.4) is 0 Å². The van der Waals surface area contributed by atoms with Gasteiger partial charge in [0.1, 0.15) is 25.3 Å². The first-order chi connectivity index (χ1) is 33.4. The minimum Gasteiger partial charge on any atom is -1.00 e. The first-order valence-corrected chi connectivity index (χ1v) is 31.4. The summed E-state index contributed by atoms with van der Waals surface area (Å²) in [4.78, 5) is 19.2. The van der Waals surface area contributed by atoms with Gasteiger partial charge in [-0.25, -0.2) is 0 Å². The second kappa shape index (κ2) is 34.3. The van der Waals surface area contributed by atoms with Crippen molar-refractivity contribution in [2.75, 3.05) is 105 Å². The Hall–Kier alpha value is -1.67. The number of benzene rings is 4. The standard InChI is InChI=1S/C24H35N2O2P.C22H30N2O3S.C7H18N3O2P.3BrH/c1-4-28-29(3,27)24-20-26(19-23-13-9-6-10-14-23)16-15-25(17-21(24)2)18-22-11-7-5-8-12-22;1-19-15-23(16-20-9-5-3-6-10-20)13-14-24(17-21-11-7-4-8-12-21)18-22(19)27-28(2,25)26;1-13(11,12)7-5-10-3-2-9-4-6(7)8;;;/h5-14,21,24H,4,15-20H2,1-3H3;3-12,19,22H,13-18H2,1-2H3;6-7,9-10H,2-5,8H2,1H3,(H,11,12);3*1H/t21-,24-,29?;19-,22+;6-,7-;;;/m000.../s1. The van der Waals surface area contributed by atoms with E-state index >= 15 is 0 Å². The van der Waals surface area contributed by atoms with Crippen LogP contribution in [-0.4, -0.2) is 161 Å². The second-order valence-electron chi connectivity index (χ2n) is 20.0. The molecule has 8 atom stereocenters. The lowest BCUT2D eigenvalue weighted by Gasteiger charge is -2.40. The largest absolute Gasteiger partial charge is 1.00 e. The molecule has 73 heavy (non-hydrogen) atoms. The summed E-state index contributed by atoms with van der Waals surface area (Å²) in [6, 6.07) is 42.0. The first-order valence-electron chi connectivity index (χ1n) is 25.3. The minimum atomic E-state index is -3.50. The molecule has 412 valence electrons. The topological polar surface area (TPSA) is 181 Å². The summed E-state index contributed by atoms with van der Waals surface area (Å²) in [6.45, 7) is 24.2. The van der Waals surface area contributed by atoms with Gasteiger partial charge < -0.3 is 76.7 Å². The monoisotopic (exact) mass is 1260 g/mol. The molecule has 3 heterocycles. The van der Waals surface area contributed by atoms with Crippen LogP contribution in [0.2, 0.25) is 0 Å². The molecule has 0 aliphatic carbocycles. The number of halogens is 3. The van der Waals surface area contributed by atoms with Gasteiger partial charge >= 0.3 is 0 Å². The molecule has 0 aromatic heterocycles. The average molecular weight is 1270 g/mol. The molecule has 0 saturated carbocycles. The van der Waals surface area contributed by atoms with Crippen molar-refractivity contribution in [2.24, 2.45) is 11.8 Å². The van der Waals surface area contributed by atoms with Gasteiger partial charge in [0.25, 0.3) is 10.1 Å². The highest BCUT2D eigenvalue weighted by molar-refractivity contribution is 7.86.